The normalized spacial score (nSPS) is 13.7. The van der Waals surface area contributed by atoms with Crippen molar-refractivity contribution < 1.29 is 14.7 Å². The van der Waals surface area contributed by atoms with Gasteiger partial charge in [0.1, 0.15) is 0 Å². The summed E-state index contributed by atoms with van der Waals surface area (Å²) < 4.78 is 0. The Morgan fingerprint density at radius 1 is 0.474 bits per heavy atom. The topological polar surface area (TPSA) is 60.7 Å². The summed E-state index contributed by atoms with van der Waals surface area (Å²) in [6.07, 6.45) is 0. The minimum absolute atomic E-state index is 0.137. The van der Waals surface area contributed by atoms with Crippen LogP contribution in [-0.4, -0.2) is 14.7 Å². The van der Waals surface area contributed by atoms with Gasteiger partial charge in [-0.25, -0.2) is 0 Å². The first-order valence-corrected chi connectivity index (χ1v) is 15.2. The van der Waals surface area contributed by atoms with E-state index in [-0.39, 0.29) is 21.5 Å². The Morgan fingerprint density at radius 2 is 0.868 bits per heavy atom. The molecule has 3 aromatic carbocycles. The van der Waals surface area contributed by atoms with Gasteiger partial charge in [0.25, 0.3) is 0 Å². The minimum Gasteiger partial charge on any atom is -0.189 e. The molecule has 0 saturated carbocycles. The van der Waals surface area contributed by atoms with E-state index < -0.39 is 13.4 Å². The summed E-state index contributed by atoms with van der Waals surface area (Å²) in [6.45, 7) is 26.1. The molecular formula is C34H48O3P+. The first kappa shape index (κ1) is 30.5. The van der Waals surface area contributed by atoms with Crippen molar-refractivity contribution in [2.24, 2.45) is 0 Å². The van der Waals surface area contributed by atoms with Crippen LogP contribution in [0.25, 0.3) is 22.3 Å². The van der Waals surface area contributed by atoms with Gasteiger partial charge in [0.2, 0.25) is 0 Å². The second-order valence-corrected chi connectivity index (χ2v) is 16.3. The van der Waals surface area contributed by atoms with E-state index in [0.29, 0.717) is 0 Å². The average Bonchev–Trinajstić information content (AvgIpc) is 2.74. The molecule has 3 aromatic rings. The Kier molecular flexibility index (Phi) is 7.92. The van der Waals surface area contributed by atoms with Crippen molar-refractivity contribution in [3.63, 3.8) is 0 Å². The second kappa shape index (κ2) is 9.86. The highest BCUT2D eigenvalue weighted by atomic mass is 31.2. The van der Waals surface area contributed by atoms with E-state index in [9.17, 15) is 14.7 Å². The Hall–Kier alpha value is -2.03. The third kappa shape index (κ3) is 6.07. The molecule has 0 atom stereocenters. The Bertz CT molecular complexity index is 1320. The van der Waals surface area contributed by atoms with Crippen molar-refractivity contribution in [3.8, 4) is 22.3 Å². The molecule has 0 unspecified atom stereocenters. The predicted molar refractivity (Wildman–Crippen MR) is 165 cm³/mol. The fourth-order valence-electron chi connectivity index (χ4n) is 5.65. The van der Waals surface area contributed by atoms with Crippen LogP contribution in [0.3, 0.4) is 0 Å². The lowest BCUT2D eigenvalue weighted by Crippen LogP contribution is -2.31. The molecule has 206 valence electrons. The van der Waals surface area contributed by atoms with E-state index in [1.807, 2.05) is 12.1 Å². The third-order valence-corrected chi connectivity index (χ3v) is 8.16. The van der Waals surface area contributed by atoms with Crippen LogP contribution in [0.15, 0.2) is 54.6 Å². The number of hydrogen-bond donors (Lipinski definition) is 3. The van der Waals surface area contributed by atoms with E-state index in [1.165, 1.54) is 11.1 Å². The summed E-state index contributed by atoms with van der Waals surface area (Å²) in [5, 5.41) is 0.232. The number of hydrogen-bond acceptors (Lipinski definition) is 3. The molecule has 0 bridgehead atoms. The molecular weight excluding hydrogens is 487 g/mol. The van der Waals surface area contributed by atoms with Crippen LogP contribution in [-0.2, 0) is 21.7 Å². The molecule has 0 spiro atoms. The van der Waals surface area contributed by atoms with Crippen LogP contribution in [0.1, 0.15) is 105 Å². The van der Waals surface area contributed by atoms with Gasteiger partial charge in [0.15, 0.2) is 5.30 Å². The standard InChI is InChI=1S/C34H48O3P/c1-31(2,3)25-19-15-13-17-22(25)24-21-27(38(35,36)37)30(34(10,11)12)28(29(24)33(7,8)9)23-18-14-16-20-26(23)32(4,5)6/h13-21,35-37H,1-12H3/q+1. The van der Waals surface area contributed by atoms with Crippen LogP contribution >= 0.6 is 7.94 Å². The fourth-order valence-corrected chi connectivity index (χ4v) is 6.70. The average molecular weight is 536 g/mol. The zero-order valence-electron chi connectivity index (χ0n) is 25.5. The van der Waals surface area contributed by atoms with Gasteiger partial charge in [0.05, 0.1) is 0 Å². The van der Waals surface area contributed by atoms with Crippen molar-refractivity contribution in [2.75, 3.05) is 0 Å². The molecule has 38 heavy (non-hydrogen) atoms. The smallest absolute Gasteiger partial charge is 0.189 e. The predicted octanol–water partition coefficient (Wildman–Crippen LogP) is 8.58. The van der Waals surface area contributed by atoms with Gasteiger partial charge in [-0.15, -0.1) is 0 Å². The molecule has 0 heterocycles. The summed E-state index contributed by atoms with van der Waals surface area (Å²) in [4.78, 5) is 32.9. The van der Waals surface area contributed by atoms with Crippen LogP contribution in [0, 0.1) is 0 Å². The van der Waals surface area contributed by atoms with Gasteiger partial charge in [-0.2, -0.15) is 14.7 Å². The molecule has 0 fully saturated rings. The van der Waals surface area contributed by atoms with Gasteiger partial charge in [-0.3, -0.25) is 0 Å². The monoisotopic (exact) mass is 535 g/mol. The summed E-state index contributed by atoms with van der Waals surface area (Å²) in [7, 11) is -4.38. The van der Waals surface area contributed by atoms with Crippen molar-refractivity contribution in [1.82, 2.24) is 0 Å². The van der Waals surface area contributed by atoms with Crippen LogP contribution in [0.4, 0.5) is 0 Å². The Labute approximate surface area is 231 Å². The summed E-state index contributed by atoms with van der Waals surface area (Å²) in [6, 6.07) is 18.7. The maximum absolute atomic E-state index is 11.0. The van der Waals surface area contributed by atoms with Gasteiger partial charge in [-0.05, 0) is 66.7 Å². The molecule has 0 amide bonds. The summed E-state index contributed by atoms with van der Waals surface area (Å²) in [5.41, 5.74) is 7.29. The maximum Gasteiger partial charge on any atom is 0.441 e. The Balaban J connectivity index is 2.78. The molecule has 3 nitrogen and oxygen atoms in total. The zero-order valence-corrected chi connectivity index (χ0v) is 26.4. The molecule has 0 aromatic heterocycles. The lowest BCUT2D eigenvalue weighted by Gasteiger charge is -2.36. The van der Waals surface area contributed by atoms with Crippen LogP contribution in [0.2, 0.25) is 0 Å². The van der Waals surface area contributed by atoms with E-state index >= 15 is 0 Å². The van der Waals surface area contributed by atoms with Crippen molar-refractivity contribution in [3.05, 3.63) is 76.9 Å². The van der Waals surface area contributed by atoms with E-state index in [2.05, 4.69) is 126 Å². The quantitative estimate of drug-likeness (QED) is 0.294. The SMILES string of the molecule is CC(C)(C)c1ccccc1-c1cc([P+](O)(O)O)c(C(C)(C)C)c(-c2ccccc2C(C)(C)C)c1C(C)(C)C. The molecule has 0 saturated heterocycles. The molecule has 0 aliphatic heterocycles. The van der Waals surface area contributed by atoms with E-state index in [4.69, 9.17) is 0 Å². The summed E-state index contributed by atoms with van der Waals surface area (Å²) >= 11 is 0. The van der Waals surface area contributed by atoms with E-state index in [0.717, 1.165) is 33.4 Å². The lowest BCUT2D eigenvalue weighted by atomic mass is 9.68. The van der Waals surface area contributed by atoms with Crippen LogP contribution in [0.5, 0.6) is 0 Å². The first-order valence-electron chi connectivity index (χ1n) is 13.6. The van der Waals surface area contributed by atoms with Crippen molar-refractivity contribution in [1.29, 1.82) is 0 Å². The third-order valence-electron chi connectivity index (χ3n) is 7.16. The molecule has 0 aliphatic carbocycles. The second-order valence-electron chi connectivity index (χ2n) is 14.7. The van der Waals surface area contributed by atoms with E-state index in [1.54, 1.807) is 0 Å². The summed E-state index contributed by atoms with van der Waals surface area (Å²) in [5.74, 6) is 0. The zero-order chi connectivity index (χ0) is 29.1. The highest BCUT2D eigenvalue weighted by molar-refractivity contribution is 7.66. The molecule has 0 aliphatic rings. The van der Waals surface area contributed by atoms with Gasteiger partial charge >= 0.3 is 7.94 Å². The highest BCUT2D eigenvalue weighted by Gasteiger charge is 2.45. The molecule has 3 rings (SSSR count). The molecule has 0 radical (unpaired) electrons. The van der Waals surface area contributed by atoms with Crippen molar-refractivity contribution >= 4 is 13.2 Å². The fraction of sp³-hybridized carbons (Fsp3) is 0.471. The largest absolute Gasteiger partial charge is 0.441 e. The number of rotatable bonds is 3. The Morgan fingerprint density at radius 3 is 1.26 bits per heavy atom. The number of benzene rings is 3. The first-order chi connectivity index (χ1) is 17.1. The van der Waals surface area contributed by atoms with Gasteiger partial charge in [0, 0.05) is 5.56 Å². The van der Waals surface area contributed by atoms with Crippen molar-refractivity contribution in [2.45, 2.75) is 105 Å². The molecule has 4 heteroatoms. The van der Waals surface area contributed by atoms with Gasteiger partial charge < -0.3 is 0 Å². The van der Waals surface area contributed by atoms with Gasteiger partial charge in [-0.1, -0.05) is 132 Å². The molecule has 3 N–H and O–H groups in total. The lowest BCUT2D eigenvalue weighted by molar-refractivity contribution is 0.346. The maximum atomic E-state index is 11.0. The van der Waals surface area contributed by atoms with Crippen LogP contribution < -0.4 is 5.30 Å². The highest BCUT2D eigenvalue weighted by Crippen LogP contribution is 2.54. The minimum atomic E-state index is -4.38.